The van der Waals surface area contributed by atoms with E-state index in [4.69, 9.17) is 11.0 Å². The summed E-state index contributed by atoms with van der Waals surface area (Å²) in [6.07, 6.45) is 0. The van der Waals surface area contributed by atoms with Crippen LogP contribution >= 0.6 is 0 Å². The normalized spacial score (nSPS) is 10.8. The van der Waals surface area contributed by atoms with Crippen LogP contribution in [0.25, 0.3) is 0 Å². The second-order valence-electron chi connectivity index (χ2n) is 9.18. The summed E-state index contributed by atoms with van der Waals surface area (Å²) < 4.78 is 0. The van der Waals surface area contributed by atoms with Crippen molar-refractivity contribution < 1.29 is 14.5 Å². The van der Waals surface area contributed by atoms with Gasteiger partial charge in [-0.2, -0.15) is 5.26 Å². The first kappa shape index (κ1) is 26.1. The number of nitro groups is 1. The van der Waals surface area contributed by atoms with Gasteiger partial charge in [0.1, 0.15) is 0 Å². The van der Waals surface area contributed by atoms with Crippen LogP contribution in [0.5, 0.6) is 0 Å². The molecule has 0 unspecified atom stereocenters. The number of nitriles is 1. The van der Waals surface area contributed by atoms with Crippen LogP contribution in [-0.4, -0.2) is 34.7 Å². The van der Waals surface area contributed by atoms with Gasteiger partial charge >= 0.3 is 0 Å². The summed E-state index contributed by atoms with van der Waals surface area (Å²) in [6.45, 7) is 5.03. The van der Waals surface area contributed by atoms with Crippen LogP contribution in [0.4, 0.5) is 11.4 Å². The number of rotatable bonds is 9. The molecule has 3 N–H and O–H groups in total. The number of nitro benzene ring substituents is 1. The molecule has 0 spiro atoms. The second kappa shape index (κ2) is 11.3. The Morgan fingerprint density at radius 1 is 1.06 bits per heavy atom. The summed E-state index contributed by atoms with van der Waals surface area (Å²) in [4.78, 5) is 38.0. The molecule has 0 saturated heterocycles. The molecule has 9 nitrogen and oxygen atoms in total. The van der Waals surface area contributed by atoms with E-state index in [-0.39, 0.29) is 29.1 Å². The lowest BCUT2D eigenvalue weighted by molar-refractivity contribution is -0.384. The van der Waals surface area contributed by atoms with Crippen molar-refractivity contribution in [2.24, 2.45) is 11.1 Å². The molecule has 0 bridgehead atoms. The first-order valence-electron chi connectivity index (χ1n) is 11.3. The molecule has 0 aromatic heterocycles. The van der Waals surface area contributed by atoms with Gasteiger partial charge in [0.2, 0.25) is 0 Å². The zero-order valence-electron chi connectivity index (χ0n) is 20.1. The molecule has 0 atom stereocenters. The molecular weight excluding hydrogens is 458 g/mol. The third-order valence-corrected chi connectivity index (χ3v) is 5.62. The van der Waals surface area contributed by atoms with Crippen LogP contribution < -0.4 is 11.1 Å². The smallest absolute Gasteiger partial charge is 0.269 e. The number of benzene rings is 3. The minimum Gasteiger partial charge on any atom is -0.334 e. The molecule has 2 amide bonds. The van der Waals surface area contributed by atoms with E-state index in [1.807, 2.05) is 26.0 Å². The number of nitrogens with zero attached hydrogens (tertiary/aromatic N) is 3. The number of hydrogen-bond donors (Lipinski definition) is 2. The fourth-order valence-electron chi connectivity index (χ4n) is 3.56. The maximum Gasteiger partial charge on any atom is 0.269 e. The highest BCUT2D eigenvalue weighted by Crippen LogP contribution is 2.21. The fraction of sp³-hybridized carbons (Fsp3) is 0.222. The predicted octanol–water partition coefficient (Wildman–Crippen LogP) is 4.35. The van der Waals surface area contributed by atoms with Crippen LogP contribution in [0.15, 0.2) is 72.8 Å². The van der Waals surface area contributed by atoms with Gasteiger partial charge in [0.15, 0.2) is 0 Å². The summed E-state index contributed by atoms with van der Waals surface area (Å²) in [7, 11) is 0. The van der Waals surface area contributed by atoms with E-state index in [9.17, 15) is 19.7 Å². The molecule has 0 heterocycles. The Morgan fingerprint density at radius 2 is 1.69 bits per heavy atom. The lowest BCUT2D eigenvalue weighted by Gasteiger charge is -2.32. The maximum atomic E-state index is 13.4. The zero-order chi connectivity index (χ0) is 26.3. The van der Waals surface area contributed by atoms with E-state index >= 15 is 0 Å². The topological polar surface area (TPSA) is 142 Å². The zero-order valence-corrected chi connectivity index (χ0v) is 20.1. The standard InChI is InChI=1S/C27H27N5O4/c1-27(2,17-29)18-31(26(34)22-8-6-19(15-28)7-9-22)16-20-4-3-5-23(14-20)30-25(33)21-10-12-24(13-11-21)32(35)36/h3-14H,16-18,29H2,1-2H3,(H,30,33). The monoisotopic (exact) mass is 485 g/mol. The molecule has 0 aliphatic rings. The highest BCUT2D eigenvalue weighted by Gasteiger charge is 2.25. The van der Waals surface area contributed by atoms with Crippen LogP contribution in [0.2, 0.25) is 0 Å². The molecule has 184 valence electrons. The minimum absolute atomic E-state index is 0.0963. The largest absolute Gasteiger partial charge is 0.334 e. The van der Waals surface area contributed by atoms with E-state index < -0.39 is 10.8 Å². The first-order valence-corrected chi connectivity index (χ1v) is 11.3. The molecule has 3 rings (SSSR count). The van der Waals surface area contributed by atoms with Gasteiger partial charge in [0.25, 0.3) is 17.5 Å². The fourth-order valence-corrected chi connectivity index (χ4v) is 3.56. The Balaban J connectivity index is 1.80. The van der Waals surface area contributed by atoms with Gasteiger partial charge in [-0.1, -0.05) is 26.0 Å². The summed E-state index contributed by atoms with van der Waals surface area (Å²) in [5.41, 5.74) is 8.04. The maximum absolute atomic E-state index is 13.4. The average molecular weight is 486 g/mol. The van der Waals surface area contributed by atoms with Crippen molar-refractivity contribution in [1.82, 2.24) is 4.90 Å². The first-order chi connectivity index (χ1) is 17.1. The van der Waals surface area contributed by atoms with Crippen molar-refractivity contribution in [2.45, 2.75) is 20.4 Å². The molecule has 36 heavy (non-hydrogen) atoms. The van der Waals surface area contributed by atoms with Gasteiger partial charge in [-0.15, -0.1) is 0 Å². The Labute approximate surface area is 209 Å². The van der Waals surface area contributed by atoms with E-state index in [1.54, 1.807) is 47.4 Å². The van der Waals surface area contributed by atoms with Crippen LogP contribution in [0, 0.1) is 26.9 Å². The predicted molar refractivity (Wildman–Crippen MR) is 136 cm³/mol. The van der Waals surface area contributed by atoms with E-state index in [0.29, 0.717) is 29.9 Å². The Kier molecular flexibility index (Phi) is 8.14. The molecule has 0 aliphatic heterocycles. The van der Waals surface area contributed by atoms with Crippen molar-refractivity contribution >= 4 is 23.2 Å². The third kappa shape index (κ3) is 6.74. The van der Waals surface area contributed by atoms with Crippen LogP contribution in [-0.2, 0) is 6.54 Å². The van der Waals surface area contributed by atoms with Crippen molar-refractivity contribution in [3.63, 3.8) is 0 Å². The number of nitrogens with two attached hydrogens (primary N) is 1. The SMILES string of the molecule is CC(C)(CN)CN(Cc1cccc(NC(=O)c2ccc([N+](=O)[O-])cc2)c1)C(=O)c1ccc(C#N)cc1. The van der Waals surface area contributed by atoms with Gasteiger partial charge in [-0.25, -0.2) is 0 Å². The molecule has 0 aliphatic carbocycles. The third-order valence-electron chi connectivity index (χ3n) is 5.62. The Morgan fingerprint density at radius 3 is 2.28 bits per heavy atom. The van der Waals surface area contributed by atoms with Crippen molar-refractivity contribution in [3.05, 3.63) is 105 Å². The summed E-state index contributed by atoms with van der Waals surface area (Å²) in [5.74, 6) is -0.599. The summed E-state index contributed by atoms with van der Waals surface area (Å²) in [5, 5.41) is 22.7. The number of non-ortho nitro benzene ring substituents is 1. The number of anilines is 1. The highest BCUT2D eigenvalue weighted by molar-refractivity contribution is 6.04. The molecule has 9 heteroatoms. The van der Waals surface area contributed by atoms with E-state index in [1.165, 1.54) is 24.3 Å². The van der Waals surface area contributed by atoms with E-state index in [0.717, 1.165) is 5.56 Å². The Bertz CT molecular complexity index is 1290. The minimum atomic E-state index is -0.526. The van der Waals surface area contributed by atoms with Crippen molar-refractivity contribution in [2.75, 3.05) is 18.4 Å². The van der Waals surface area contributed by atoms with E-state index in [2.05, 4.69) is 5.32 Å². The number of carbonyl (C=O) groups is 2. The lowest BCUT2D eigenvalue weighted by atomic mass is 9.92. The second-order valence-corrected chi connectivity index (χ2v) is 9.18. The van der Waals surface area contributed by atoms with Gasteiger partial charge in [0.05, 0.1) is 16.6 Å². The van der Waals surface area contributed by atoms with Gasteiger partial charge in [-0.05, 0) is 66.1 Å². The number of amides is 2. The molecule has 0 fully saturated rings. The van der Waals surface area contributed by atoms with Crippen molar-refractivity contribution in [1.29, 1.82) is 5.26 Å². The lowest BCUT2D eigenvalue weighted by Crippen LogP contribution is -2.41. The van der Waals surface area contributed by atoms with Crippen molar-refractivity contribution in [3.8, 4) is 6.07 Å². The van der Waals surface area contributed by atoms with Crippen LogP contribution in [0.1, 0.15) is 45.7 Å². The molecule has 3 aromatic rings. The van der Waals surface area contributed by atoms with Crippen LogP contribution in [0.3, 0.4) is 0 Å². The molecule has 0 saturated carbocycles. The molecule has 0 radical (unpaired) electrons. The van der Waals surface area contributed by atoms with Gasteiger partial charge in [0, 0.05) is 42.0 Å². The average Bonchev–Trinajstić information content (AvgIpc) is 2.88. The summed E-state index contributed by atoms with van der Waals surface area (Å²) in [6, 6.07) is 21.0. The highest BCUT2D eigenvalue weighted by atomic mass is 16.6. The number of carbonyl (C=O) groups excluding carboxylic acids is 2. The molecule has 3 aromatic carbocycles. The van der Waals surface area contributed by atoms with Gasteiger partial charge < -0.3 is 16.0 Å². The number of hydrogen-bond acceptors (Lipinski definition) is 6. The quantitative estimate of drug-likeness (QED) is 0.341. The Hall–Kier alpha value is -4.55. The van der Waals surface area contributed by atoms with Gasteiger partial charge in [-0.3, -0.25) is 19.7 Å². The number of nitrogens with one attached hydrogen (secondary N) is 1. The summed E-state index contributed by atoms with van der Waals surface area (Å²) >= 11 is 0. The molecular formula is C27H27N5O4.